The van der Waals surface area contributed by atoms with Crippen molar-refractivity contribution in [1.29, 1.82) is 0 Å². The minimum absolute atomic E-state index is 0.0649. The molecule has 1 aliphatic heterocycles. The molecule has 2 aromatic carbocycles. The standard InChI is InChI=1S/C24H30N2O3/c27-24(26-14-12-21(13-15-26)25-16-19-6-7-19)18-29-23-10-8-22(9-11-23)28-17-20-4-2-1-3-5-20/h1-5,8-11,19,21,25H,6-7,12-18H2. The van der Waals surface area contributed by atoms with Crippen LogP contribution in [0.3, 0.4) is 0 Å². The van der Waals surface area contributed by atoms with Gasteiger partial charge in [-0.25, -0.2) is 0 Å². The van der Waals surface area contributed by atoms with Crippen LogP contribution in [0.2, 0.25) is 0 Å². The first-order chi connectivity index (χ1) is 14.3. The lowest BCUT2D eigenvalue weighted by atomic mass is 10.0. The van der Waals surface area contributed by atoms with E-state index in [1.165, 1.54) is 12.8 Å². The summed E-state index contributed by atoms with van der Waals surface area (Å²) in [5, 5.41) is 3.65. The Bertz CT molecular complexity index is 766. The fourth-order valence-corrected chi connectivity index (χ4v) is 3.60. The molecule has 0 radical (unpaired) electrons. The number of carbonyl (C=O) groups excluding carboxylic acids is 1. The Morgan fingerprint density at radius 2 is 1.55 bits per heavy atom. The molecule has 0 bridgehead atoms. The zero-order chi connectivity index (χ0) is 19.9. The lowest BCUT2D eigenvalue weighted by Crippen LogP contribution is -2.46. The molecule has 1 saturated carbocycles. The number of piperidine rings is 1. The molecular weight excluding hydrogens is 364 g/mol. The number of nitrogens with zero attached hydrogens (tertiary/aromatic N) is 1. The summed E-state index contributed by atoms with van der Waals surface area (Å²) in [4.78, 5) is 14.4. The van der Waals surface area contributed by atoms with Crippen LogP contribution in [-0.4, -0.2) is 43.1 Å². The van der Waals surface area contributed by atoms with Gasteiger partial charge in [0.15, 0.2) is 6.61 Å². The van der Waals surface area contributed by atoms with Gasteiger partial charge in [0.25, 0.3) is 5.91 Å². The predicted octanol–water partition coefficient (Wildman–Crippen LogP) is 3.64. The van der Waals surface area contributed by atoms with Gasteiger partial charge in [-0.15, -0.1) is 0 Å². The normalized spacial score (nSPS) is 17.2. The number of rotatable bonds is 9. The van der Waals surface area contributed by atoms with Crippen molar-refractivity contribution in [1.82, 2.24) is 10.2 Å². The highest BCUT2D eigenvalue weighted by Gasteiger charge is 2.26. The Hall–Kier alpha value is -2.53. The van der Waals surface area contributed by atoms with Crippen LogP contribution in [0.5, 0.6) is 11.5 Å². The Labute approximate surface area is 173 Å². The van der Waals surface area contributed by atoms with Gasteiger partial charge in [-0.2, -0.15) is 0 Å². The van der Waals surface area contributed by atoms with Crippen LogP contribution < -0.4 is 14.8 Å². The molecular formula is C24H30N2O3. The third-order valence-corrected chi connectivity index (χ3v) is 5.67. The summed E-state index contributed by atoms with van der Waals surface area (Å²) < 4.78 is 11.5. The van der Waals surface area contributed by atoms with Crippen LogP contribution in [0.4, 0.5) is 0 Å². The number of ether oxygens (including phenoxy) is 2. The van der Waals surface area contributed by atoms with Crippen molar-refractivity contribution in [2.45, 2.75) is 38.3 Å². The summed E-state index contributed by atoms with van der Waals surface area (Å²) in [7, 11) is 0. The van der Waals surface area contributed by atoms with Crippen molar-refractivity contribution >= 4 is 5.91 Å². The average molecular weight is 395 g/mol. The summed E-state index contributed by atoms with van der Waals surface area (Å²) in [5.41, 5.74) is 1.13. The molecule has 0 spiro atoms. The number of nitrogens with one attached hydrogen (secondary N) is 1. The second-order valence-electron chi connectivity index (χ2n) is 8.04. The maximum atomic E-state index is 12.4. The van der Waals surface area contributed by atoms with E-state index in [4.69, 9.17) is 9.47 Å². The second kappa shape index (κ2) is 9.79. The summed E-state index contributed by atoms with van der Waals surface area (Å²) in [5.74, 6) is 2.44. The minimum atomic E-state index is 0.0649. The molecule has 5 heteroatoms. The van der Waals surface area contributed by atoms with Gasteiger partial charge in [0.2, 0.25) is 0 Å². The van der Waals surface area contributed by atoms with Crippen molar-refractivity contribution < 1.29 is 14.3 Å². The SMILES string of the molecule is O=C(COc1ccc(OCc2ccccc2)cc1)N1CCC(NCC2CC2)CC1. The fraction of sp³-hybridized carbons (Fsp3) is 0.458. The maximum absolute atomic E-state index is 12.4. The molecule has 0 unspecified atom stereocenters. The zero-order valence-electron chi connectivity index (χ0n) is 16.9. The molecule has 1 amide bonds. The van der Waals surface area contributed by atoms with E-state index in [0.717, 1.165) is 49.7 Å². The number of hydrogen-bond donors (Lipinski definition) is 1. The molecule has 2 fully saturated rings. The number of carbonyl (C=O) groups is 1. The molecule has 2 aliphatic rings. The molecule has 2 aromatic rings. The molecule has 1 aliphatic carbocycles. The first-order valence-electron chi connectivity index (χ1n) is 10.7. The number of benzene rings is 2. The van der Waals surface area contributed by atoms with E-state index in [0.29, 0.717) is 18.4 Å². The molecule has 4 rings (SSSR count). The summed E-state index contributed by atoms with van der Waals surface area (Å²) in [6.45, 7) is 3.40. The monoisotopic (exact) mass is 394 g/mol. The average Bonchev–Trinajstić information content (AvgIpc) is 3.61. The Morgan fingerprint density at radius 3 is 2.21 bits per heavy atom. The van der Waals surface area contributed by atoms with E-state index in [1.54, 1.807) is 0 Å². The highest BCUT2D eigenvalue weighted by molar-refractivity contribution is 5.77. The fourth-order valence-electron chi connectivity index (χ4n) is 3.60. The van der Waals surface area contributed by atoms with Crippen LogP contribution in [0.1, 0.15) is 31.2 Å². The highest BCUT2D eigenvalue weighted by atomic mass is 16.5. The van der Waals surface area contributed by atoms with Crippen molar-refractivity contribution in [2.75, 3.05) is 26.2 Å². The van der Waals surface area contributed by atoms with Crippen molar-refractivity contribution in [2.24, 2.45) is 5.92 Å². The van der Waals surface area contributed by atoms with Gasteiger partial charge in [-0.3, -0.25) is 4.79 Å². The first-order valence-corrected chi connectivity index (χ1v) is 10.7. The van der Waals surface area contributed by atoms with E-state index in [9.17, 15) is 4.79 Å². The van der Waals surface area contributed by atoms with Crippen LogP contribution in [0.25, 0.3) is 0 Å². The largest absolute Gasteiger partial charge is 0.489 e. The topological polar surface area (TPSA) is 50.8 Å². The summed E-state index contributed by atoms with van der Waals surface area (Å²) in [6.07, 6.45) is 4.82. The summed E-state index contributed by atoms with van der Waals surface area (Å²) >= 11 is 0. The molecule has 1 N–H and O–H groups in total. The van der Waals surface area contributed by atoms with E-state index in [-0.39, 0.29) is 12.5 Å². The Morgan fingerprint density at radius 1 is 0.897 bits per heavy atom. The van der Waals surface area contributed by atoms with Gasteiger partial charge in [-0.1, -0.05) is 30.3 Å². The Balaban J connectivity index is 1.15. The van der Waals surface area contributed by atoms with E-state index < -0.39 is 0 Å². The second-order valence-corrected chi connectivity index (χ2v) is 8.04. The van der Waals surface area contributed by atoms with E-state index >= 15 is 0 Å². The van der Waals surface area contributed by atoms with E-state index in [2.05, 4.69) is 5.32 Å². The minimum Gasteiger partial charge on any atom is -0.489 e. The van der Waals surface area contributed by atoms with Gasteiger partial charge in [0, 0.05) is 19.1 Å². The highest BCUT2D eigenvalue weighted by Crippen LogP contribution is 2.28. The molecule has 1 saturated heterocycles. The van der Waals surface area contributed by atoms with Crippen LogP contribution in [0.15, 0.2) is 54.6 Å². The molecule has 0 aromatic heterocycles. The van der Waals surface area contributed by atoms with Crippen LogP contribution in [-0.2, 0) is 11.4 Å². The van der Waals surface area contributed by atoms with Gasteiger partial charge in [-0.05, 0) is 68.0 Å². The predicted molar refractivity (Wildman–Crippen MR) is 113 cm³/mol. The molecule has 0 atom stereocenters. The first kappa shape index (κ1) is 19.8. The smallest absolute Gasteiger partial charge is 0.260 e. The summed E-state index contributed by atoms with van der Waals surface area (Å²) in [6, 6.07) is 18.1. The van der Waals surface area contributed by atoms with Crippen molar-refractivity contribution in [3.63, 3.8) is 0 Å². The molecule has 1 heterocycles. The Kier molecular flexibility index (Phi) is 6.67. The third-order valence-electron chi connectivity index (χ3n) is 5.67. The van der Waals surface area contributed by atoms with Crippen LogP contribution >= 0.6 is 0 Å². The van der Waals surface area contributed by atoms with Gasteiger partial charge in [0.05, 0.1) is 0 Å². The van der Waals surface area contributed by atoms with Gasteiger partial charge < -0.3 is 19.7 Å². The van der Waals surface area contributed by atoms with Gasteiger partial charge in [0.1, 0.15) is 18.1 Å². The zero-order valence-corrected chi connectivity index (χ0v) is 16.9. The number of hydrogen-bond acceptors (Lipinski definition) is 4. The third kappa shape index (κ3) is 6.23. The van der Waals surface area contributed by atoms with E-state index in [1.807, 2.05) is 59.5 Å². The van der Waals surface area contributed by atoms with Crippen molar-refractivity contribution in [3.8, 4) is 11.5 Å². The molecule has 29 heavy (non-hydrogen) atoms. The van der Waals surface area contributed by atoms with Crippen LogP contribution in [0, 0.1) is 5.92 Å². The molecule has 5 nitrogen and oxygen atoms in total. The number of likely N-dealkylation sites (tertiary alicyclic amines) is 1. The van der Waals surface area contributed by atoms with Gasteiger partial charge >= 0.3 is 0 Å². The molecule has 154 valence electrons. The maximum Gasteiger partial charge on any atom is 0.260 e. The van der Waals surface area contributed by atoms with Crippen molar-refractivity contribution in [3.05, 3.63) is 60.2 Å². The lowest BCUT2D eigenvalue weighted by Gasteiger charge is -2.32. The lowest BCUT2D eigenvalue weighted by molar-refractivity contribution is -0.134. The number of amides is 1. The quantitative estimate of drug-likeness (QED) is 0.706.